The van der Waals surface area contributed by atoms with E-state index in [0.29, 0.717) is 6.04 Å². The van der Waals surface area contributed by atoms with E-state index in [1.165, 1.54) is 18.5 Å². The molecular formula is C13H20N2O. The van der Waals surface area contributed by atoms with Gasteiger partial charge in [0, 0.05) is 31.4 Å². The van der Waals surface area contributed by atoms with E-state index >= 15 is 0 Å². The van der Waals surface area contributed by atoms with Gasteiger partial charge in [-0.05, 0) is 31.5 Å². The Morgan fingerprint density at radius 2 is 2.31 bits per heavy atom. The first-order valence-electron chi connectivity index (χ1n) is 5.89. The minimum absolute atomic E-state index is 0.598. The molecule has 0 radical (unpaired) electrons. The average molecular weight is 220 g/mol. The van der Waals surface area contributed by atoms with Gasteiger partial charge in [-0.15, -0.1) is 0 Å². The molecule has 1 atom stereocenters. The maximum absolute atomic E-state index is 5.25. The lowest BCUT2D eigenvalue weighted by molar-refractivity contribution is 0.413. The van der Waals surface area contributed by atoms with Crippen LogP contribution >= 0.6 is 0 Å². The van der Waals surface area contributed by atoms with Gasteiger partial charge in [0.2, 0.25) is 0 Å². The van der Waals surface area contributed by atoms with Gasteiger partial charge in [0.15, 0.2) is 0 Å². The quantitative estimate of drug-likeness (QED) is 0.842. The molecule has 1 fully saturated rings. The number of piperidine rings is 1. The predicted molar refractivity (Wildman–Crippen MR) is 67.3 cm³/mol. The van der Waals surface area contributed by atoms with E-state index in [1.54, 1.807) is 7.11 Å². The first-order valence-corrected chi connectivity index (χ1v) is 5.89. The molecule has 2 rings (SSSR count). The molecule has 1 aliphatic heterocycles. The third kappa shape index (κ3) is 2.47. The van der Waals surface area contributed by atoms with Crippen LogP contribution in [0.25, 0.3) is 0 Å². The number of nitrogens with zero attached hydrogens (tertiary/aromatic N) is 1. The molecule has 16 heavy (non-hydrogen) atoms. The van der Waals surface area contributed by atoms with E-state index in [0.717, 1.165) is 18.8 Å². The summed E-state index contributed by atoms with van der Waals surface area (Å²) in [6.07, 6.45) is 2.53. The summed E-state index contributed by atoms with van der Waals surface area (Å²) in [4.78, 5) is 2.34. The molecule has 1 unspecified atom stereocenters. The number of hydrogen-bond donors (Lipinski definition) is 1. The molecule has 1 heterocycles. The first-order chi connectivity index (χ1) is 7.81. The highest BCUT2D eigenvalue weighted by atomic mass is 16.5. The summed E-state index contributed by atoms with van der Waals surface area (Å²) in [6.45, 7) is 2.23. The van der Waals surface area contributed by atoms with Crippen molar-refractivity contribution in [2.45, 2.75) is 18.9 Å². The zero-order chi connectivity index (χ0) is 11.4. The van der Waals surface area contributed by atoms with E-state index in [-0.39, 0.29) is 0 Å². The number of likely N-dealkylation sites (N-methyl/N-ethyl adjacent to an activating group) is 1. The fourth-order valence-corrected chi connectivity index (χ4v) is 2.20. The number of benzene rings is 1. The molecule has 1 saturated heterocycles. The molecule has 3 nitrogen and oxygen atoms in total. The van der Waals surface area contributed by atoms with E-state index in [2.05, 4.69) is 29.4 Å². The number of nitrogens with one attached hydrogen (secondary N) is 1. The Morgan fingerprint density at radius 1 is 1.44 bits per heavy atom. The Hall–Kier alpha value is -1.22. The fraction of sp³-hybridized carbons (Fsp3) is 0.538. The number of hydrogen-bond acceptors (Lipinski definition) is 3. The topological polar surface area (TPSA) is 24.5 Å². The largest absolute Gasteiger partial charge is 0.497 e. The van der Waals surface area contributed by atoms with Crippen LogP contribution in [0, 0.1) is 0 Å². The lowest BCUT2D eigenvalue weighted by Crippen LogP contribution is -2.44. The van der Waals surface area contributed by atoms with Gasteiger partial charge in [-0.25, -0.2) is 0 Å². The van der Waals surface area contributed by atoms with Crippen LogP contribution in [0.5, 0.6) is 5.75 Å². The van der Waals surface area contributed by atoms with Gasteiger partial charge in [0.1, 0.15) is 5.75 Å². The van der Waals surface area contributed by atoms with Gasteiger partial charge >= 0.3 is 0 Å². The second-order valence-corrected chi connectivity index (χ2v) is 4.31. The van der Waals surface area contributed by atoms with E-state index in [9.17, 15) is 0 Å². The summed E-state index contributed by atoms with van der Waals surface area (Å²) in [5.74, 6) is 0.924. The predicted octanol–water partition coefficient (Wildman–Crippen LogP) is 1.88. The molecule has 88 valence electrons. The van der Waals surface area contributed by atoms with Crippen LogP contribution in [0.1, 0.15) is 12.8 Å². The molecule has 0 spiro atoms. The van der Waals surface area contributed by atoms with Gasteiger partial charge in [0.05, 0.1) is 7.11 Å². The van der Waals surface area contributed by atoms with Crippen LogP contribution < -0.4 is 15.0 Å². The molecule has 0 aromatic heterocycles. The van der Waals surface area contributed by atoms with Crippen molar-refractivity contribution in [2.75, 3.05) is 32.1 Å². The SMILES string of the molecule is COc1cccc(N(C)C2CCCNC2)c1. The van der Waals surface area contributed by atoms with E-state index in [1.807, 2.05) is 12.1 Å². The molecule has 0 saturated carbocycles. The molecule has 0 amide bonds. The third-order valence-corrected chi connectivity index (χ3v) is 3.28. The van der Waals surface area contributed by atoms with Crippen LogP contribution in [0.3, 0.4) is 0 Å². The molecule has 1 aromatic rings. The van der Waals surface area contributed by atoms with Gasteiger partial charge in [-0.3, -0.25) is 0 Å². The molecule has 1 N–H and O–H groups in total. The van der Waals surface area contributed by atoms with Gasteiger partial charge < -0.3 is 15.0 Å². The van der Waals surface area contributed by atoms with Crippen molar-refractivity contribution in [3.8, 4) is 5.75 Å². The highest BCUT2D eigenvalue weighted by Gasteiger charge is 2.18. The smallest absolute Gasteiger partial charge is 0.120 e. The highest BCUT2D eigenvalue weighted by molar-refractivity contribution is 5.51. The fourth-order valence-electron chi connectivity index (χ4n) is 2.20. The molecule has 1 aliphatic rings. The lowest BCUT2D eigenvalue weighted by atomic mass is 10.1. The minimum atomic E-state index is 0.598. The molecule has 1 aromatic carbocycles. The number of ether oxygens (including phenoxy) is 1. The monoisotopic (exact) mass is 220 g/mol. The van der Waals surface area contributed by atoms with Crippen LogP contribution in [0.15, 0.2) is 24.3 Å². The molecule has 3 heteroatoms. The Labute approximate surface area is 97.4 Å². The van der Waals surface area contributed by atoms with Crippen LogP contribution in [-0.4, -0.2) is 33.3 Å². The number of rotatable bonds is 3. The van der Waals surface area contributed by atoms with Gasteiger partial charge in [0.25, 0.3) is 0 Å². The standard InChI is InChI=1S/C13H20N2O/c1-15(12-6-4-8-14-10-12)11-5-3-7-13(9-11)16-2/h3,5,7,9,12,14H,4,6,8,10H2,1-2H3. The van der Waals surface area contributed by atoms with Crippen molar-refractivity contribution >= 4 is 5.69 Å². The average Bonchev–Trinajstić information content (AvgIpc) is 2.39. The van der Waals surface area contributed by atoms with Crippen molar-refractivity contribution in [1.82, 2.24) is 5.32 Å². The molecule has 0 bridgehead atoms. The maximum atomic E-state index is 5.25. The maximum Gasteiger partial charge on any atom is 0.120 e. The van der Waals surface area contributed by atoms with Crippen LogP contribution in [-0.2, 0) is 0 Å². The van der Waals surface area contributed by atoms with E-state index in [4.69, 9.17) is 4.74 Å². The summed E-state index contributed by atoms with van der Waals surface area (Å²) < 4.78 is 5.25. The summed E-state index contributed by atoms with van der Waals surface area (Å²) in [6, 6.07) is 8.85. The summed E-state index contributed by atoms with van der Waals surface area (Å²) in [5, 5.41) is 3.44. The highest BCUT2D eigenvalue weighted by Crippen LogP contribution is 2.23. The lowest BCUT2D eigenvalue weighted by Gasteiger charge is -2.33. The zero-order valence-electron chi connectivity index (χ0n) is 10.1. The second-order valence-electron chi connectivity index (χ2n) is 4.31. The minimum Gasteiger partial charge on any atom is -0.497 e. The van der Waals surface area contributed by atoms with Crippen molar-refractivity contribution in [2.24, 2.45) is 0 Å². The first kappa shape index (κ1) is 11.3. The summed E-state index contributed by atoms with van der Waals surface area (Å²) >= 11 is 0. The Bertz CT molecular complexity index is 334. The van der Waals surface area contributed by atoms with Crippen molar-refractivity contribution in [1.29, 1.82) is 0 Å². The van der Waals surface area contributed by atoms with E-state index < -0.39 is 0 Å². The zero-order valence-corrected chi connectivity index (χ0v) is 10.1. The van der Waals surface area contributed by atoms with Crippen LogP contribution in [0.2, 0.25) is 0 Å². The summed E-state index contributed by atoms with van der Waals surface area (Å²) in [5.41, 5.74) is 1.23. The molecular weight excluding hydrogens is 200 g/mol. The van der Waals surface area contributed by atoms with Crippen molar-refractivity contribution in [3.63, 3.8) is 0 Å². The van der Waals surface area contributed by atoms with Crippen LogP contribution in [0.4, 0.5) is 5.69 Å². The third-order valence-electron chi connectivity index (χ3n) is 3.28. The molecule has 0 aliphatic carbocycles. The summed E-state index contributed by atoms with van der Waals surface area (Å²) in [7, 11) is 3.87. The Kier molecular flexibility index (Phi) is 3.67. The second kappa shape index (κ2) is 5.21. The van der Waals surface area contributed by atoms with Crippen molar-refractivity contribution < 1.29 is 4.74 Å². The Balaban J connectivity index is 2.09. The van der Waals surface area contributed by atoms with Gasteiger partial charge in [-0.1, -0.05) is 6.07 Å². The number of anilines is 1. The van der Waals surface area contributed by atoms with Gasteiger partial charge in [-0.2, -0.15) is 0 Å². The van der Waals surface area contributed by atoms with Crippen molar-refractivity contribution in [3.05, 3.63) is 24.3 Å². The number of methoxy groups -OCH3 is 1. The normalized spacial score (nSPS) is 20.5. The Morgan fingerprint density at radius 3 is 3.00 bits per heavy atom.